The van der Waals surface area contributed by atoms with E-state index in [2.05, 4.69) is 68.1 Å². The maximum absolute atomic E-state index is 5.83. The van der Waals surface area contributed by atoms with E-state index >= 15 is 0 Å². The second-order valence-electron chi connectivity index (χ2n) is 7.99. The van der Waals surface area contributed by atoms with Crippen LogP contribution >= 0.6 is 0 Å². The summed E-state index contributed by atoms with van der Waals surface area (Å²) in [5.41, 5.74) is 5.86. The third-order valence-corrected chi connectivity index (χ3v) is 5.94. The van der Waals surface area contributed by atoms with Crippen molar-refractivity contribution in [2.75, 3.05) is 6.61 Å². The molecule has 144 valence electrons. The summed E-state index contributed by atoms with van der Waals surface area (Å²) in [4.78, 5) is 0. The van der Waals surface area contributed by atoms with Crippen LogP contribution in [0, 0.1) is 0 Å². The lowest BCUT2D eigenvalue weighted by Gasteiger charge is -2.26. The molecule has 28 heavy (non-hydrogen) atoms. The van der Waals surface area contributed by atoms with Gasteiger partial charge in [-0.15, -0.1) is 6.58 Å². The minimum Gasteiger partial charge on any atom is -0.493 e. The Labute approximate surface area is 169 Å². The van der Waals surface area contributed by atoms with Gasteiger partial charge in [-0.05, 0) is 83.2 Å². The largest absolute Gasteiger partial charge is 0.493 e. The molecule has 4 rings (SSSR count). The van der Waals surface area contributed by atoms with E-state index in [9.17, 15) is 0 Å². The fraction of sp³-hybridized carbons (Fsp3) is 0.333. The van der Waals surface area contributed by atoms with Crippen molar-refractivity contribution in [1.82, 2.24) is 0 Å². The van der Waals surface area contributed by atoms with Gasteiger partial charge in [0, 0.05) is 0 Å². The molecular formula is C27H30O. The lowest BCUT2D eigenvalue weighted by Crippen LogP contribution is -2.13. The highest BCUT2D eigenvalue weighted by atomic mass is 16.5. The molecule has 0 bridgehead atoms. The third-order valence-electron chi connectivity index (χ3n) is 5.94. The Hall–Kier alpha value is -2.54. The van der Waals surface area contributed by atoms with E-state index in [1.54, 1.807) is 0 Å². The highest BCUT2D eigenvalue weighted by molar-refractivity contribution is 5.84. The fourth-order valence-corrected chi connectivity index (χ4v) is 4.38. The number of aryl methyl sites for hydroxylation is 2. The fourth-order valence-electron chi connectivity index (χ4n) is 4.38. The van der Waals surface area contributed by atoms with Gasteiger partial charge in [-0.3, -0.25) is 0 Å². The average molecular weight is 371 g/mol. The van der Waals surface area contributed by atoms with E-state index < -0.39 is 0 Å². The predicted molar refractivity (Wildman–Crippen MR) is 119 cm³/mol. The minimum absolute atomic E-state index is 0.611. The molecule has 1 unspecified atom stereocenters. The molecule has 0 amide bonds. The highest BCUT2D eigenvalue weighted by Gasteiger charge is 2.21. The first-order chi connectivity index (χ1) is 13.8. The number of hydrogen-bond acceptors (Lipinski definition) is 1. The van der Waals surface area contributed by atoms with Crippen LogP contribution in [0.25, 0.3) is 10.8 Å². The molecular weight excluding hydrogens is 340 g/mol. The van der Waals surface area contributed by atoms with Gasteiger partial charge in [0.2, 0.25) is 0 Å². The van der Waals surface area contributed by atoms with Gasteiger partial charge >= 0.3 is 0 Å². The Morgan fingerprint density at radius 2 is 1.86 bits per heavy atom. The second kappa shape index (κ2) is 8.65. The lowest BCUT2D eigenvalue weighted by atomic mass is 9.79. The Morgan fingerprint density at radius 1 is 1.00 bits per heavy atom. The van der Waals surface area contributed by atoms with E-state index in [4.69, 9.17) is 4.74 Å². The number of ether oxygens (including phenoxy) is 1. The van der Waals surface area contributed by atoms with E-state index in [0.717, 1.165) is 31.4 Å². The monoisotopic (exact) mass is 370 g/mol. The first kappa shape index (κ1) is 18.8. The normalized spacial score (nSPS) is 16.0. The lowest BCUT2D eigenvalue weighted by molar-refractivity contribution is 0.324. The summed E-state index contributed by atoms with van der Waals surface area (Å²) < 4.78 is 5.83. The smallest absolute Gasteiger partial charge is 0.119 e. The Morgan fingerprint density at radius 3 is 2.71 bits per heavy atom. The molecule has 0 heterocycles. The zero-order valence-electron chi connectivity index (χ0n) is 16.9. The average Bonchev–Trinajstić information content (AvgIpc) is 2.73. The maximum atomic E-state index is 5.83. The third kappa shape index (κ3) is 4.14. The topological polar surface area (TPSA) is 9.23 Å². The van der Waals surface area contributed by atoms with Gasteiger partial charge in [-0.2, -0.15) is 0 Å². The Kier molecular flexibility index (Phi) is 5.81. The molecule has 1 aliphatic carbocycles. The van der Waals surface area contributed by atoms with Gasteiger partial charge in [0.25, 0.3) is 0 Å². The SMILES string of the molecule is C=CCCOc1ccc2c(c1)CCC(c1ccc3cc(CCC)ccc3c1)C2. The number of benzene rings is 3. The highest BCUT2D eigenvalue weighted by Crippen LogP contribution is 2.35. The molecule has 0 saturated carbocycles. The summed E-state index contributed by atoms with van der Waals surface area (Å²) in [6.07, 6.45) is 8.62. The van der Waals surface area contributed by atoms with Crippen LogP contribution in [-0.2, 0) is 19.3 Å². The molecule has 3 aromatic rings. The van der Waals surface area contributed by atoms with Gasteiger partial charge in [0.05, 0.1) is 6.61 Å². The van der Waals surface area contributed by atoms with Crippen molar-refractivity contribution < 1.29 is 4.74 Å². The van der Waals surface area contributed by atoms with Crippen molar-refractivity contribution in [3.8, 4) is 5.75 Å². The molecule has 0 radical (unpaired) electrons. The van der Waals surface area contributed by atoms with Crippen LogP contribution in [-0.4, -0.2) is 6.61 Å². The summed E-state index contributed by atoms with van der Waals surface area (Å²) in [6.45, 7) is 6.70. The van der Waals surface area contributed by atoms with Crippen LogP contribution in [0.3, 0.4) is 0 Å². The van der Waals surface area contributed by atoms with Gasteiger partial charge in [-0.25, -0.2) is 0 Å². The quantitative estimate of drug-likeness (QED) is 0.321. The van der Waals surface area contributed by atoms with Crippen molar-refractivity contribution in [2.24, 2.45) is 0 Å². The van der Waals surface area contributed by atoms with E-state index in [1.807, 2.05) is 6.08 Å². The Balaban J connectivity index is 1.50. The number of rotatable bonds is 7. The van der Waals surface area contributed by atoms with Crippen molar-refractivity contribution >= 4 is 10.8 Å². The molecule has 0 aliphatic heterocycles. The summed E-state index contributed by atoms with van der Waals surface area (Å²) in [6, 6.07) is 20.6. The van der Waals surface area contributed by atoms with E-state index in [-0.39, 0.29) is 0 Å². The molecule has 3 aromatic carbocycles. The van der Waals surface area contributed by atoms with E-state index in [0.29, 0.717) is 12.5 Å². The van der Waals surface area contributed by atoms with Gasteiger partial charge in [0.15, 0.2) is 0 Å². The molecule has 1 heteroatoms. The van der Waals surface area contributed by atoms with Crippen LogP contribution in [0.15, 0.2) is 67.3 Å². The first-order valence-electron chi connectivity index (χ1n) is 10.6. The molecule has 1 aliphatic rings. The Bertz CT molecular complexity index is 969. The van der Waals surface area contributed by atoms with Crippen molar-refractivity contribution in [1.29, 1.82) is 0 Å². The summed E-state index contributed by atoms with van der Waals surface area (Å²) in [5.74, 6) is 1.60. The number of hydrogen-bond donors (Lipinski definition) is 0. The van der Waals surface area contributed by atoms with E-state index in [1.165, 1.54) is 45.9 Å². The van der Waals surface area contributed by atoms with Crippen molar-refractivity contribution in [2.45, 2.75) is 51.4 Å². The van der Waals surface area contributed by atoms with Gasteiger partial charge < -0.3 is 4.74 Å². The van der Waals surface area contributed by atoms with Crippen LogP contribution in [0.4, 0.5) is 0 Å². The molecule has 0 N–H and O–H groups in total. The minimum atomic E-state index is 0.611. The predicted octanol–water partition coefficient (Wildman–Crippen LogP) is 7.02. The van der Waals surface area contributed by atoms with Crippen LogP contribution in [0.5, 0.6) is 5.75 Å². The maximum Gasteiger partial charge on any atom is 0.119 e. The van der Waals surface area contributed by atoms with Crippen LogP contribution in [0.1, 0.15) is 54.4 Å². The first-order valence-corrected chi connectivity index (χ1v) is 10.6. The molecule has 1 atom stereocenters. The standard InChI is InChI=1S/C27H30O/c1-3-5-15-28-27-14-13-25-18-24(11-12-26(25)19-27)23-10-9-21-16-20(6-4-2)7-8-22(21)17-23/h3,7-10,13-14,16-17,19,24H,1,4-6,11-12,15,18H2,2H3. The summed E-state index contributed by atoms with van der Waals surface area (Å²) in [7, 11) is 0. The summed E-state index contributed by atoms with van der Waals surface area (Å²) >= 11 is 0. The summed E-state index contributed by atoms with van der Waals surface area (Å²) in [5, 5.41) is 2.74. The van der Waals surface area contributed by atoms with Crippen LogP contribution < -0.4 is 4.74 Å². The number of fused-ring (bicyclic) bond motifs is 2. The van der Waals surface area contributed by atoms with Gasteiger partial charge in [-0.1, -0.05) is 61.9 Å². The zero-order chi connectivity index (χ0) is 19.3. The van der Waals surface area contributed by atoms with Gasteiger partial charge in [0.1, 0.15) is 5.75 Å². The molecule has 0 spiro atoms. The van der Waals surface area contributed by atoms with Crippen molar-refractivity contribution in [3.05, 3.63) is 89.5 Å². The van der Waals surface area contributed by atoms with Crippen molar-refractivity contribution in [3.63, 3.8) is 0 Å². The molecule has 0 fully saturated rings. The molecule has 0 aromatic heterocycles. The van der Waals surface area contributed by atoms with Crippen LogP contribution in [0.2, 0.25) is 0 Å². The molecule has 0 saturated heterocycles. The second-order valence-corrected chi connectivity index (χ2v) is 7.99. The zero-order valence-corrected chi connectivity index (χ0v) is 16.9. The molecule has 1 nitrogen and oxygen atoms in total.